The van der Waals surface area contributed by atoms with Crippen molar-refractivity contribution in [1.82, 2.24) is 0 Å². The molecule has 0 saturated heterocycles. The van der Waals surface area contributed by atoms with Crippen molar-refractivity contribution in [3.8, 4) is 11.5 Å². The second kappa shape index (κ2) is 9.33. The molecule has 0 saturated carbocycles. The van der Waals surface area contributed by atoms with Crippen LogP contribution in [-0.4, -0.2) is 0 Å². The van der Waals surface area contributed by atoms with E-state index in [1.807, 2.05) is 6.92 Å². The quantitative estimate of drug-likeness (QED) is 0.310. The van der Waals surface area contributed by atoms with E-state index in [0.29, 0.717) is 12.1 Å². The van der Waals surface area contributed by atoms with Gasteiger partial charge in [0.15, 0.2) is 0 Å². The molecular formula is C24H19F7O2. The fraction of sp³-hybridized carbons (Fsp3) is 0.250. The maximum atomic E-state index is 14.4. The third-order valence-electron chi connectivity index (χ3n) is 4.69. The lowest BCUT2D eigenvalue weighted by molar-refractivity contribution is -0.187. The molecule has 0 atom stereocenters. The number of aryl methyl sites for hydroxylation is 1. The van der Waals surface area contributed by atoms with Gasteiger partial charge < -0.3 is 9.47 Å². The minimum Gasteiger partial charge on any atom is -0.429 e. The topological polar surface area (TPSA) is 18.5 Å². The molecule has 0 aliphatic rings. The largest absolute Gasteiger partial charge is 0.429 e. The fourth-order valence-corrected chi connectivity index (χ4v) is 3.00. The van der Waals surface area contributed by atoms with E-state index in [-0.39, 0.29) is 11.3 Å². The van der Waals surface area contributed by atoms with Gasteiger partial charge in [-0.05, 0) is 72.6 Å². The first kappa shape index (κ1) is 24.4. The van der Waals surface area contributed by atoms with Crippen LogP contribution in [-0.2, 0) is 24.8 Å². The molecular weight excluding hydrogens is 453 g/mol. The number of rotatable bonds is 8. The Kier molecular flexibility index (Phi) is 6.90. The van der Waals surface area contributed by atoms with Gasteiger partial charge in [0.25, 0.3) is 0 Å². The summed E-state index contributed by atoms with van der Waals surface area (Å²) in [5.74, 6) is -0.849. The number of hydrogen-bond acceptors (Lipinski definition) is 2. The predicted octanol–water partition coefficient (Wildman–Crippen LogP) is 7.91. The summed E-state index contributed by atoms with van der Waals surface area (Å²) in [5.41, 5.74) is -1.19. The Morgan fingerprint density at radius 3 is 1.27 bits per heavy atom. The van der Waals surface area contributed by atoms with Gasteiger partial charge in [-0.15, -0.1) is 0 Å². The molecule has 2 nitrogen and oxygen atoms in total. The molecule has 3 aromatic carbocycles. The van der Waals surface area contributed by atoms with Crippen LogP contribution in [0.5, 0.6) is 11.5 Å². The highest BCUT2D eigenvalue weighted by molar-refractivity contribution is 5.33. The van der Waals surface area contributed by atoms with E-state index in [2.05, 4.69) is 4.74 Å². The number of hydrogen-bond donors (Lipinski definition) is 0. The normalized spacial score (nSPS) is 12.5. The monoisotopic (exact) mass is 472 g/mol. The van der Waals surface area contributed by atoms with Crippen LogP contribution in [0.3, 0.4) is 0 Å². The maximum absolute atomic E-state index is 14.4. The smallest absolute Gasteiger partial charge is 0.426 e. The number of halogens is 7. The first-order valence-electron chi connectivity index (χ1n) is 9.91. The lowest BCUT2D eigenvalue weighted by Gasteiger charge is -2.21. The van der Waals surface area contributed by atoms with Gasteiger partial charge in [0.2, 0.25) is 0 Å². The fourth-order valence-electron chi connectivity index (χ4n) is 3.00. The Hall–Kier alpha value is -3.23. The summed E-state index contributed by atoms with van der Waals surface area (Å²) < 4.78 is 105. The molecule has 0 heterocycles. The summed E-state index contributed by atoms with van der Waals surface area (Å²) in [7, 11) is 0. The van der Waals surface area contributed by atoms with E-state index >= 15 is 0 Å². The number of benzene rings is 3. The lowest BCUT2D eigenvalue weighted by atomic mass is 10.1. The van der Waals surface area contributed by atoms with Crippen LogP contribution in [0, 0.1) is 0 Å². The van der Waals surface area contributed by atoms with Gasteiger partial charge in [-0.25, -0.2) is 0 Å². The third-order valence-corrected chi connectivity index (χ3v) is 4.69. The van der Waals surface area contributed by atoms with E-state index in [1.54, 1.807) is 12.1 Å². The summed E-state index contributed by atoms with van der Waals surface area (Å²) >= 11 is 0. The Balaban J connectivity index is 1.69. The Morgan fingerprint density at radius 1 is 0.545 bits per heavy atom. The van der Waals surface area contributed by atoms with Crippen molar-refractivity contribution in [2.75, 3.05) is 0 Å². The molecule has 0 spiro atoms. The molecule has 0 amide bonds. The lowest BCUT2D eigenvalue weighted by Crippen LogP contribution is -2.23. The van der Waals surface area contributed by atoms with Crippen molar-refractivity contribution in [2.45, 2.75) is 38.2 Å². The first-order chi connectivity index (χ1) is 15.4. The zero-order valence-electron chi connectivity index (χ0n) is 17.3. The van der Waals surface area contributed by atoms with Crippen LogP contribution in [0.15, 0.2) is 72.8 Å². The number of ether oxygens (including phenoxy) is 2. The van der Waals surface area contributed by atoms with Gasteiger partial charge in [0.1, 0.15) is 11.5 Å². The molecule has 0 aliphatic heterocycles. The molecule has 0 aromatic heterocycles. The molecule has 0 aliphatic carbocycles. The van der Waals surface area contributed by atoms with Crippen molar-refractivity contribution in [3.63, 3.8) is 0 Å². The molecule has 3 aromatic rings. The minimum atomic E-state index is -4.61. The Morgan fingerprint density at radius 2 is 0.909 bits per heavy atom. The molecule has 0 unspecified atom stereocenters. The summed E-state index contributed by atoms with van der Waals surface area (Å²) in [6, 6.07) is 11.9. The average Bonchev–Trinajstić information content (AvgIpc) is 2.74. The van der Waals surface area contributed by atoms with Gasteiger partial charge in [0.05, 0.1) is 16.7 Å². The van der Waals surface area contributed by atoms with Crippen LogP contribution in [0.1, 0.15) is 35.6 Å². The molecule has 0 N–H and O–H groups in total. The van der Waals surface area contributed by atoms with E-state index in [0.717, 1.165) is 54.8 Å². The first-order valence-corrected chi connectivity index (χ1v) is 9.91. The van der Waals surface area contributed by atoms with Gasteiger partial charge in [-0.2, -0.15) is 30.7 Å². The van der Waals surface area contributed by atoms with Crippen LogP contribution >= 0.6 is 0 Å². The highest BCUT2D eigenvalue weighted by Crippen LogP contribution is 2.36. The molecule has 3 rings (SSSR count). The maximum Gasteiger partial charge on any atom is 0.426 e. The van der Waals surface area contributed by atoms with E-state index in [4.69, 9.17) is 4.74 Å². The third kappa shape index (κ3) is 6.18. The van der Waals surface area contributed by atoms with E-state index < -0.39 is 35.3 Å². The molecule has 0 bridgehead atoms. The van der Waals surface area contributed by atoms with Crippen molar-refractivity contribution < 1.29 is 40.2 Å². The van der Waals surface area contributed by atoms with Gasteiger partial charge in [0, 0.05) is 0 Å². The predicted molar refractivity (Wildman–Crippen MR) is 107 cm³/mol. The number of alkyl halides is 7. The molecule has 0 radical (unpaired) electrons. The van der Waals surface area contributed by atoms with E-state index in [9.17, 15) is 30.7 Å². The van der Waals surface area contributed by atoms with Gasteiger partial charge in [-0.1, -0.05) is 25.5 Å². The van der Waals surface area contributed by atoms with Crippen molar-refractivity contribution in [2.24, 2.45) is 0 Å². The zero-order valence-corrected chi connectivity index (χ0v) is 17.3. The summed E-state index contributed by atoms with van der Waals surface area (Å²) in [6.45, 7) is 1.97. The van der Waals surface area contributed by atoms with Crippen molar-refractivity contribution >= 4 is 0 Å². The van der Waals surface area contributed by atoms with Crippen LogP contribution in [0.4, 0.5) is 30.7 Å². The Bertz CT molecular complexity index is 1040. The van der Waals surface area contributed by atoms with E-state index in [1.165, 1.54) is 12.1 Å². The molecule has 0 fully saturated rings. The average molecular weight is 472 g/mol. The minimum absolute atomic E-state index is 0.355. The second-order valence-electron chi connectivity index (χ2n) is 7.23. The molecule has 9 heteroatoms. The van der Waals surface area contributed by atoms with Crippen LogP contribution in [0.2, 0.25) is 0 Å². The Labute approximate surface area is 185 Å². The van der Waals surface area contributed by atoms with Crippen molar-refractivity contribution in [1.29, 1.82) is 0 Å². The van der Waals surface area contributed by atoms with Crippen molar-refractivity contribution in [3.05, 3.63) is 95.1 Å². The molecule has 176 valence electrons. The molecule has 33 heavy (non-hydrogen) atoms. The zero-order chi connectivity index (χ0) is 24.3. The SMILES string of the molecule is CCCc1ccc(C(F)(F)Oc2ccc(C(F)(F)Oc3ccc(C(F)(F)F)cc3)cc2)cc1. The van der Waals surface area contributed by atoms with Crippen LogP contribution in [0.25, 0.3) is 0 Å². The highest BCUT2D eigenvalue weighted by atomic mass is 19.4. The summed E-state index contributed by atoms with van der Waals surface area (Å²) in [4.78, 5) is 0. The standard InChI is InChI=1S/C24H19F7O2/c1-2-3-16-4-6-18(7-5-16)23(28,29)33-21-14-10-19(11-15-21)24(30,31)32-20-12-8-17(9-13-20)22(25,26)27/h4-15H,2-3H2,1H3. The summed E-state index contributed by atoms with van der Waals surface area (Å²) in [5, 5.41) is 0. The van der Waals surface area contributed by atoms with Gasteiger partial charge >= 0.3 is 18.4 Å². The highest BCUT2D eigenvalue weighted by Gasteiger charge is 2.37. The van der Waals surface area contributed by atoms with Gasteiger partial charge in [-0.3, -0.25) is 0 Å². The van der Waals surface area contributed by atoms with Crippen LogP contribution < -0.4 is 9.47 Å². The second-order valence-corrected chi connectivity index (χ2v) is 7.23. The summed E-state index contributed by atoms with van der Waals surface area (Å²) in [6.07, 6.45) is -10.6.